The van der Waals surface area contributed by atoms with Crippen molar-refractivity contribution in [2.24, 2.45) is 0 Å². The monoisotopic (exact) mass is 327 g/mol. The topological polar surface area (TPSA) is 174 Å². The van der Waals surface area contributed by atoms with Gasteiger partial charge in [0.1, 0.15) is 0 Å². The standard InChI is InChI=1S/C10H17N3O2.H2O4S.H2O/c14-8-6-11-13(12-7-9-15)10-4-2-1-3-5-10;1-5(2,3)4;/h1-5,11-12,14-15H,6-9H2;(H2,1,2,3,4);1H2. The Bertz CT molecular complexity index is 427. The van der Waals surface area contributed by atoms with Gasteiger partial charge in [-0.25, -0.2) is 16.0 Å². The predicted octanol–water partition coefficient (Wildman–Crippen LogP) is -1.99. The summed E-state index contributed by atoms with van der Waals surface area (Å²) in [6.45, 7) is 1.02. The van der Waals surface area contributed by atoms with Crippen LogP contribution in [0.15, 0.2) is 30.3 Å². The predicted molar refractivity (Wildman–Crippen MR) is 76.9 cm³/mol. The first-order valence-electron chi connectivity index (χ1n) is 5.62. The molecule has 8 N–H and O–H groups in total. The summed E-state index contributed by atoms with van der Waals surface area (Å²) in [7, 11) is -4.67. The molecule has 1 aromatic carbocycles. The molecule has 0 aliphatic carbocycles. The molecule has 21 heavy (non-hydrogen) atoms. The van der Waals surface area contributed by atoms with Crippen LogP contribution in [-0.2, 0) is 10.4 Å². The molecule has 0 radical (unpaired) electrons. The van der Waals surface area contributed by atoms with Crippen LogP contribution < -0.4 is 16.0 Å². The number of para-hydroxylation sites is 1. The number of hydrogen-bond acceptors (Lipinski definition) is 7. The second-order valence-corrected chi connectivity index (χ2v) is 4.28. The van der Waals surface area contributed by atoms with E-state index < -0.39 is 10.4 Å². The van der Waals surface area contributed by atoms with Gasteiger partial charge in [0.25, 0.3) is 0 Å². The molecule has 0 saturated heterocycles. The first-order valence-corrected chi connectivity index (χ1v) is 7.02. The van der Waals surface area contributed by atoms with Gasteiger partial charge in [0.05, 0.1) is 18.9 Å². The highest BCUT2D eigenvalue weighted by Crippen LogP contribution is 2.07. The van der Waals surface area contributed by atoms with Crippen molar-refractivity contribution >= 4 is 16.1 Å². The fraction of sp³-hybridized carbons (Fsp3) is 0.400. The van der Waals surface area contributed by atoms with Crippen LogP contribution in [0.4, 0.5) is 5.69 Å². The summed E-state index contributed by atoms with van der Waals surface area (Å²) in [6, 6.07) is 9.62. The van der Waals surface area contributed by atoms with E-state index >= 15 is 0 Å². The van der Waals surface area contributed by atoms with Crippen molar-refractivity contribution in [2.75, 3.05) is 31.4 Å². The Hall–Kier alpha value is -1.31. The lowest BCUT2D eigenvalue weighted by Gasteiger charge is -2.25. The quantitative estimate of drug-likeness (QED) is 0.245. The van der Waals surface area contributed by atoms with Crippen LogP contribution in [-0.4, -0.2) is 59.5 Å². The zero-order chi connectivity index (χ0) is 15.4. The molecule has 0 aromatic heterocycles. The number of hydrogen-bond donors (Lipinski definition) is 6. The molecule has 0 amide bonds. The van der Waals surface area contributed by atoms with Crippen molar-refractivity contribution in [3.8, 4) is 0 Å². The molecule has 1 rings (SSSR count). The van der Waals surface area contributed by atoms with E-state index in [4.69, 9.17) is 27.7 Å². The second kappa shape index (κ2) is 12.4. The second-order valence-electron chi connectivity index (χ2n) is 3.38. The first-order chi connectivity index (χ1) is 9.38. The molecule has 0 bridgehead atoms. The van der Waals surface area contributed by atoms with E-state index in [0.29, 0.717) is 13.1 Å². The third-order valence-corrected chi connectivity index (χ3v) is 1.78. The van der Waals surface area contributed by atoms with Crippen molar-refractivity contribution in [2.45, 2.75) is 0 Å². The molecule has 0 unspecified atom stereocenters. The average molecular weight is 327 g/mol. The van der Waals surface area contributed by atoms with Gasteiger partial charge in [-0.2, -0.15) is 8.42 Å². The third-order valence-electron chi connectivity index (χ3n) is 1.78. The maximum absolute atomic E-state index is 8.74. The number of aliphatic hydroxyl groups excluding tert-OH is 2. The molecule has 0 saturated carbocycles. The van der Waals surface area contributed by atoms with Crippen LogP contribution in [0.3, 0.4) is 0 Å². The highest BCUT2D eigenvalue weighted by Gasteiger charge is 2.02. The number of nitrogens with zero attached hydrogens (tertiary/aromatic N) is 1. The summed E-state index contributed by atoms with van der Waals surface area (Å²) >= 11 is 0. The van der Waals surface area contributed by atoms with Gasteiger partial charge in [0.2, 0.25) is 0 Å². The first kappa shape index (κ1) is 22.0. The Kier molecular flexibility index (Phi) is 13.0. The fourth-order valence-corrected chi connectivity index (χ4v) is 1.14. The van der Waals surface area contributed by atoms with E-state index in [1.54, 1.807) is 5.12 Å². The minimum Gasteiger partial charge on any atom is -0.412 e. The third kappa shape index (κ3) is 14.9. The van der Waals surface area contributed by atoms with E-state index in [2.05, 4.69) is 10.9 Å². The zero-order valence-electron chi connectivity index (χ0n) is 11.2. The molecule has 0 heterocycles. The van der Waals surface area contributed by atoms with Crippen molar-refractivity contribution in [1.82, 2.24) is 10.9 Å². The Balaban J connectivity index is 0. The molecule has 0 aliphatic heterocycles. The Morgan fingerprint density at radius 2 is 1.33 bits per heavy atom. The van der Waals surface area contributed by atoms with Crippen LogP contribution >= 0.6 is 0 Å². The number of anilines is 1. The van der Waals surface area contributed by atoms with Crippen molar-refractivity contribution in [1.29, 1.82) is 0 Å². The van der Waals surface area contributed by atoms with Gasteiger partial charge in [-0.05, 0) is 12.1 Å². The summed E-state index contributed by atoms with van der Waals surface area (Å²) in [5.41, 5.74) is 6.89. The zero-order valence-corrected chi connectivity index (χ0v) is 12.0. The normalized spacial score (nSPS) is 10.1. The molecule has 0 aliphatic rings. The minimum atomic E-state index is -4.67. The largest absolute Gasteiger partial charge is 0.412 e. The van der Waals surface area contributed by atoms with Crippen molar-refractivity contribution in [3.63, 3.8) is 0 Å². The van der Waals surface area contributed by atoms with Gasteiger partial charge in [0, 0.05) is 13.1 Å². The van der Waals surface area contributed by atoms with Gasteiger partial charge in [-0.3, -0.25) is 9.11 Å². The van der Waals surface area contributed by atoms with E-state index in [9.17, 15) is 0 Å². The maximum atomic E-state index is 8.74. The number of hydrazine groups is 2. The summed E-state index contributed by atoms with van der Waals surface area (Å²) in [5, 5.41) is 19.1. The molecular formula is C10H21N3O7S. The summed E-state index contributed by atoms with van der Waals surface area (Å²) in [4.78, 5) is 0. The molecule has 0 atom stereocenters. The van der Waals surface area contributed by atoms with Crippen molar-refractivity contribution < 1.29 is 33.2 Å². The van der Waals surface area contributed by atoms with Gasteiger partial charge in [-0.15, -0.1) is 0 Å². The smallest absolute Gasteiger partial charge is 0.394 e. The summed E-state index contributed by atoms with van der Waals surface area (Å²) in [6.07, 6.45) is 0. The molecule has 1 aromatic rings. The fourth-order valence-electron chi connectivity index (χ4n) is 1.14. The van der Waals surface area contributed by atoms with Crippen LogP contribution in [0.2, 0.25) is 0 Å². The van der Waals surface area contributed by atoms with E-state index in [1.165, 1.54) is 0 Å². The highest BCUT2D eigenvalue weighted by atomic mass is 32.3. The molecule has 0 spiro atoms. The lowest BCUT2D eigenvalue weighted by Crippen LogP contribution is -2.50. The number of nitrogens with one attached hydrogen (secondary N) is 2. The van der Waals surface area contributed by atoms with E-state index in [0.717, 1.165) is 5.69 Å². The van der Waals surface area contributed by atoms with E-state index in [1.807, 2.05) is 30.3 Å². The Labute approximate surface area is 122 Å². The minimum absolute atomic E-state index is 0. The van der Waals surface area contributed by atoms with Crippen LogP contribution in [0, 0.1) is 0 Å². The summed E-state index contributed by atoms with van der Waals surface area (Å²) < 4.78 is 31.6. The lowest BCUT2D eigenvalue weighted by molar-refractivity contribution is 0.272. The van der Waals surface area contributed by atoms with E-state index in [-0.39, 0.29) is 18.7 Å². The molecule has 11 heteroatoms. The van der Waals surface area contributed by atoms with Gasteiger partial charge in [0.15, 0.2) is 0 Å². The molecule has 0 fully saturated rings. The lowest BCUT2D eigenvalue weighted by atomic mass is 10.3. The number of benzene rings is 1. The number of aliphatic hydroxyl groups is 2. The van der Waals surface area contributed by atoms with Gasteiger partial charge in [-0.1, -0.05) is 18.2 Å². The average Bonchev–Trinajstić information content (AvgIpc) is 2.38. The highest BCUT2D eigenvalue weighted by molar-refractivity contribution is 7.79. The molecular weight excluding hydrogens is 306 g/mol. The maximum Gasteiger partial charge on any atom is 0.394 e. The van der Waals surface area contributed by atoms with Crippen LogP contribution in [0.5, 0.6) is 0 Å². The molecule has 124 valence electrons. The SMILES string of the molecule is O.O=S(=O)(O)O.OCCNN(NCCO)c1ccccc1. The summed E-state index contributed by atoms with van der Waals surface area (Å²) in [5.74, 6) is 0. The Morgan fingerprint density at radius 3 is 1.67 bits per heavy atom. The molecule has 10 nitrogen and oxygen atoms in total. The van der Waals surface area contributed by atoms with Gasteiger partial charge >= 0.3 is 10.4 Å². The van der Waals surface area contributed by atoms with Crippen LogP contribution in [0.25, 0.3) is 0 Å². The Morgan fingerprint density at radius 1 is 0.952 bits per heavy atom. The number of rotatable bonds is 7. The van der Waals surface area contributed by atoms with Gasteiger partial charge < -0.3 is 15.7 Å². The van der Waals surface area contributed by atoms with Crippen molar-refractivity contribution in [3.05, 3.63) is 30.3 Å². The van der Waals surface area contributed by atoms with Crippen LogP contribution in [0.1, 0.15) is 0 Å².